The number of rotatable bonds is 4. The molecule has 0 saturated heterocycles. The van der Waals surface area contributed by atoms with Gasteiger partial charge in [0.1, 0.15) is 16.7 Å². The SMILES string of the molecule is Cc1c(C=NNc2cc(C)c3ccccc3n2)nn(-c2ccccc2)c1Cl. The van der Waals surface area contributed by atoms with E-state index in [-0.39, 0.29) is 0 Å². The van der Waals surface area contributed by atoms with Gasteiger partial charge < -0.3 is 0 Å². The van der Waals surface area contributed by atoms with Crippen LogP contribution in [0.15, 0.2) is 65.8 Å². The highest BCUT2D eigenvalue weighted by atomic mass is 35.5. The molecule has 4 rings (SSSR count). The van der Waals surface area contributed by atoms with Crippen molar-refractivity contribution in [3.8, 4) is 5.69 Å². The Morgan fingerprint density at radius 1 is 1.04 bits per heavy atom. The number of fused-ring (bicyclic) bond motifs is 1. The molecule has 4 aromatic rings. The van der Waals surface area contributed by atoms with E-state index in [1.165, 1.54) is 0 Å². The summed E-state index contributed by atoms with van der Waals surface area (Å²) >= 11 is 6.44. The summed E-state index contributed by atoms with van der Waals surface area (Å²) in [6.45, 7) is 3.99. The molecule has 0 unspecified atom stereocenters. The van der Waals surface area contributed by atoms with E-state index in [0.717, 1.165) is 27.7 Å². The molecule has 0 aliphatic rings. The fraction of sp³-hybridized carbons (Fsp3) is 0.0952. The monoisotopic (exact) mass is 375 g/mol. The van der Waals surface area contributed by atoms with Crippen LogP contribution in [0.3, 0.4) is 0 Å². The molecule has 0 bridgehead atoms. The lowest BCUT2D eigenvalue weighted by molar-refractivity contribution is 0.877. The minimum atomic E-state index is 0.572. The van der Waals surface area contributed by atoms with Crippen LogP contribution in [0.1, 0.15) is 16.8 Å². The number of benzene rings is 2. The van der Waals surface area contributed by atoms with Gasteiger partial charge in [-0.1, -0.05) is 48.0 Å². The molecule has 0 fully saturated rings. The molecular weight excluding hydrogens is 358 g/mol. The number of halogens is 1. The molecule has 1 N–H and O–H groups in total. The summed E-state index contributed by atoms with van der Waals surface area (Å²) in [5.41, 5.74) is 7.54. The minimum Gasteiger partial charge on any atom is -0.261 e. The van der Waals surface area contributed by atoms with Gasteiger partial charge in [0.05, 0.1) is 17.4 Å². The molecule has 0 amide bonds. The smallest absolute Gasteiger partial charge is 0.147 e. The van der Waals surface area contributed by atoms with Gasteiger partial charge in [0.2, 0.25) is 0 Å². The Bertz CT molecular complexity index is 1130. The molecule has 27 heavy (non-hydrogen) atoms. The third-order valence-electron chi connectivity index (χ3n) is 4.38. The minimum absolute atomic E-state index is 0.572. The molecule has 2 aromatic carbocycles. The van der Waals surface area contributed by atoms with E-state index in [1.54, 1.807) is 10.9 Å². The highest BCUT2D eigenvalue weighted by Gasteiger charge is 2.12. The second-order valence-electron chi connectivity index (χ2n) is 6.26. The lowest BCUT2D eigenvalue weighted by Crippen LogP contribution is -1.98. The molecule has 6 heteroatoms. The van der Waals surface area contributed by atoms with E-state index < -0.39 is 0 Å². The summed E-state index contributed by atoms with van der Waals surface area (Å²) < 4.78 is 1.71. The summed E-state index contributed by atoms with van der Waals surface area (Å²) in [5, 5.41) is 10.6. The Labute approximate surface area is 162 Å². The number of hydrogen-bond donors (Lipinski definition) is 1. The second-order valence-corrected chi connectivity index (χ2v) is 6.62. The maximum atomic E-state index is 6.44. The first-order valence-corrected chi connectivity index (χ1v) is 8.97. The van der Waals surface area contributed by atoms with Gasteiger partial charge in [-0.3, -0.25) is 5.43 Å². The molecule has 0 aliphatic heterocycles. The average molecular weight is 376 g/mol. The van der Waals surface area contributed by atoms with Crippen LogP contribution in [0.4, 0.5) is 5.82 Å². The van der Waals surface area contributed by atoms with Crippen molar-refractivity contribution >= 4 is 34.5 Å². The normalized spacial score (nSPS) is 11.4. The van der Waals surface area contributed by atoms with Crippen molar-refractivity contribution in [1.29, 1.82) is 0 Å². The Morgan fingerprint density at radius 2 is 1.78 bits per heavy atom. The molecule has 0 atom stereocenters. The third-order valence-corrected chi connectivity index (χ3v) is 4.82. The summed E-state index contributed by atoms with van der Waals surface area (Å²) in [7, 11) is 0. The highest BCUT2D eigenvalue weighted by molar-refractivity contribution is 6.31. The zero-order valence-corrected chi connectivity index (χ0v) is 15.8. The Balaban J connectivity index is 1.59. The van der Waals surface area contributed by atoms with E-state index in [1.807, 2.05) is 61.5 Å². The topological polar surface area (TPSA) is 55.1 Å². The van der Waals surface area contributed by atoms with Crippen LogP contribution in [0, 0.1) is 13.8 Å². The van der Waals surface area contributed by atoms with Crippen molar-refractivity contribution in [2.75, 3.05) is 5.43 Å². The van der Waals surface area contributed by atoms with E-state index in [2.05, 4.69) is 33.6 Å². The average Bonchev–Trinajstić information content (AvgIpc) is 2.97. The van der Waals surface area contributed by atoms with Gasteiger partial charge in [-0.15, -0.1) is 0 Å². The number of nitrogens with zero attached hydrogens (tertiary/aromatic N) is 4. The van der Waals surface area contributed by atoms with Crippen LogP contribution >= 0.6 is 11.6 Å². The zero-order chi connectivity index (χ0) is 18.8. The van der Waals surface area contributed by atoms with Crippen LogP contribution in [-0.2, 0) is 0 Å². The van der Waals surface area contributed by atoms with Gasteiger partial charge in [0, 0.05) is 10.9 Å². The number of hydrazone groups is 1. The lowest BCUT2D eigenvalue weighted by atomic mass is 10.1. The van der Waals surface area contributed by atoms with E-state index in [4.69, 9.17) is 11.6 Å². The van der Waals surface area contributed by atoms with E-state index >= 15 is 0 Å². The van der Waals surface area contributed by atoms with Crippen LogP contribution < -0.4 is 5.43 Å². The molecule has 0 spiro atoms. The van der Waals surface area contributed by atoms with E-state index in [9.17, 15) is 0 Å². The van der Waals surface area contributed by atoms with E-state index in [0.29, 0.717) is 16.7 Å². The number of para-hydroxylation sites is 2. The Kier molecular flexibility index (Phi) is 4.60. The molecular formula is C21H18ClN5. The lowest BCUT2D eigenvalue weighted by Gasteiger charge is -2.05. The maximum absolute atomic E-state index is 6.44. The van der Waals surface area contributed by atoms with Gasteiger partial charge in [-0.05, 0) is 43.7 Å². The van der Waals surface area contributed by atoms with Gasteiger partial charge in [-0.2, -0.15) is 10.2 Å². The first-order valence-electron chi connectivity index (χ1n) is 8.59. The standard InChI is InChI=1S/C21H18ClN5/c1-14-12-20(24-18-11-7-6-10-17(14)18)25-23-13-19-15(2)21(22)27(26-19)16-8-4-3-5-9-16/h3-13H,1-2H3,(H,24,25). The van der Waals surface area contributed by atoms with Crippen molar-refractivity contribution in [3.05, 3.63) is 82.6 Å². The maximum Gasteiger partial charge on any atom is 0.147 e. The largest absolute Gasteiger partial charge is 0.261 e. The van der Waals surface area contributed by atoms with Crippen molar-refractivity contribution in [2.24, 2.45) is 5.10 Å². The first kappa shape index (κ1) is 17.2. The quantitative estimate of drug-likeness (QED) is 0.397. The molecule has 134 valence electrons. The predicted molar refractivity (Wildman–Crippen MR) is 111 cm³/mol. The molecule has 2 heterocycles. The molecule has 0 saturated carbocycles. The van der Waals surface area contributed by atoms with Crippen LogP contribution in [0.2, 0.25) is 5.15 Å². The first-order chi connectivity index (χ1) is 13.1. The number of pyridine rings is 1. The van der Waals surface area contributed by atoms with Gasteiger partial charge >= 0.3 is 0 Å². The number of anilines is 1. The van der Waals surface area contributed by atoms with Crippen molar-refractivity contribution in [2.45, 2.75) is 13.8 Å². The zero-order valence-electron chi connectivity index (χ0n) is 15.0. The van der Waals surface area contributed by atoms with Crippen LogP contribution in [0.25, 0.3) is 16.6 Å². The molecule has 2 aromatic heterocycles. The summed E-state index contributed by atoms with van der Waals surface area (Å²) in [5.74, 6) is 0.689. The number of aryl methyl sites for hydroxylation is 1. The van der Waals surface area contributed by atoms with Crippen LogP contribution in [-0.4, -0.2) is 21.0 Å². The van der Waals surface area contributed by atoms with Gasteiger partial charge in [-0.25, -0.2) is 9.67 Å². The fourth-order valence-corrected chi connectivity index (χ4v) is 3.15. The fourth-order valence-electron chi connectivity index (χ4n) is 2.92. The van der Waals surface area contributed by atoms with Gasteiger partial charge in [0.25, 0.3) is 0 Å². The Morgan fingerprint density at radius 3 is 2.59 bits per heavy atom. The molecule has 0 radical (unpaired) electrons. The summed E-state index contributed by atoms with van der Waals surface area (Å²) in [4.78, 5) is 4.58. The molecule has 0 aliphatic carbocycles. The second kappa shape index (κ2) is 7.21. The van der Waals surface area contributed by atoms with Crippen molar-refractivity contribution < 1.29 is 0 Å². The number of aromatic nitrogens is 3. The number of hydrogen-bond acceptors (Lipinski definition) is 4. The Hall–Kier alpha value is -3.18. The van der Waals surface area contributed by atoms with Crippen molar-refractivity contribution in [3.63, 3.8) is 0 Å². The molecule has 5 nitrogen and oxygen atoms in total. The summed E-state index contributed by atoms with van der Waals surface area (Å²) in [6.07, 6.45) is 1.66. The van der Waals surface area contributed by atoms with Gasteiger partial charge in [0.15, 0.2) is 0 Å². The van der Waals surface area contributed by atoms with Crippen LogP contribution in [0.5, 0.6) is 0 Å². The number of nitrogens with one attached hydrogen (secondary N) is 1. The third kappa shape index (κ3) is 3.41. The van der Waals surface area contributed by atoms with Crippen molar-refractivity contribution in [1.82, 2.24) is 14.8 Å². The summed E-state index contributed by atoms with van der Waals surface area (Å²) in [6, 6.07) is 19.8. The highest BCUT2D eigenvalue weighted by Crippen LogP contribution is 2.22. The predicted octanol–water partition coefficient (Wildman–Crippen LogP) is 5.14.